The molecule has 0 bridgehead atoms. The number of carbonyl (C=O) groups excluding carboxylic acids is 1. The van der Waals surface area contributed by atoms with Gasteiger partial charge in [0, 0.05) is 37.0 Å². The summed E-state index contributed by atoms with van der Waals surface area (Å²) in [6.45, 7) is 6.65. The number of alkyl carbamates (subject to hydrolysis) is 1. The van der Waals surface area contributed by atoms with Crippen molar-refractivity contribution in [2.45, 2.75) is 57.2 Å². The van der Waals surface area contributed by atoms with Gasteiger partial charge in [0.25, 0.3) is 5.56 Å². The third kappa shape index (κ3) is 4.49. The summed E-state index contributed by atoms with van der Waals surface area (Å²) in [7, 11) is 1.48. The summed E-state index contributed by atoms with van der Waals surface area (Å²) >= 11 is 0. The molecule has 1 saturated carbocycles. The van der Waals surface area contributed by atoms with E-state index in [1.807, 2.05) is 25.7 Å². The quantitative estimate of drug-likeness (QED) is 0.599. The number of aromatic nitrogens is 1. The highest BCUT2D eigenvalue weighted by Crippen LogP contribution is 2.49. The van der Waals surface area contributed by atoms with Gasteiger partial charge in [-0.2, -0.15) is 0 Å². The Kier molecular flexibility index (Phi) is 6.09. The minimum absolute atomic E-state index is 0.0385. The standard InChI is InChI=1S/C26H32FN3O7/c1-25(2,3)37-24(34)28-26(6-7-26)15-5-8-29(11-15)20-18(27)10-14-9-17(23(32)33)22(31)30-16(12-35-4)13-36-21(20)19(14)30/h9-10,15-16H,5-8,11-13H2,1-4H3,(H,28,34)(H,32,33)/t15-,16+/m1/s1. The summed E-state index contributed by atoms with van der Waals surface area (Å²) in [5, 5.41) is 12.9. The Labute approximate surface area is 213 Å². The summed E-state index contributed by atoms with van der Waals surface area (Å²) in [6, 6.07) is 1.90. The maximum absolute atomic E-state index is 15.6. The van der Waals surface area contributed by atoms with Crippen LogP contribution in [0, 0.1) is 11.7 Å². The number of aromatic carboxylic acids is 1. The lowest BCUT2D eigenvalue weighted by atomic mass is 9.96. The molecule has 2 aromatic rings. The molecular weight excluding hydrogens is 485 g/mol. The van der Waals surface area contributed by atoms with Crippen molar-refractivity contribution in [2.24, 2.45) is 5.92 Å². The average molecular weight is 518 g/mol. The van der Waals surface area contributed by atoms with Gasteiger partial charge in [-0.05, 0) is 52.2 Å². The van der Waals surface area contributed by atoms with Crippen molar-refractivity contribution in [3.05, 3.63) is 33.9 Å². The molecule has 1 aromatic heterocycles. The van der Waals surface area contributed by atoms with Crippen molar-refractivity contribution in [1.82, 2.24) is 9.88 Å². The highest BCUT2D eigenvalue weighted by atomic mass is 19.1. The Morgan fingerprint density at radius 2 is 2.03 bits per heavy atom. The summed E-state index contributed by atoms with van der Waals surface area (Å²) in [6.07, 6.45) is 1.93. The molecule has 2 aliphatic heterocycles. The van der Waals surface area contributed by atoms with E-state index < -0.39 is 40.6 Å². The van der Waals surface area contributed by atoms with Gasteiger partial charge in [0.05, 0.1) is 18.2 Å². The van der Waals surface area contributed by atoms with Gasteiger partial charge in [0.2, 0.25) is 0 Å². The van der Waals surface area contributed by atoms with Crippen molar-refractivity contribution in [3.8, 4) is 5.75 Å². The normalized spacial score (nSPS) is 22.0. The molecule has 2 N–H and O–H groups in total. The smallest absolute Gasteiger partial charge is 0.408 e. The van der Waals surface area contributed by atoms with Gasteiger partial charge < -0.3 is 29.5 Å². The maximum Gasteiger partial charge on any atom is 0.408 e. The van der Waals surface area contributed by atoms with Gasteiger partial charge in [-0.1, -0.05) is 0 Å². The zero-order valence-electron chi connectivity index (χ0n) is 21.4. The molecule has 1 saturated heterocycles. The maximum atomic E-state index is 15.6. The van der Waals surface area contributed by atoms with E-state index in [9.17, 15) is 19.5 Å². The molecule has 1 aliphatic carbocycles. The number of amides is 1. The molecule has 1 aromatic carbocycles. The molecule has 5 rings (SSSR count). The first-order valence-corrected chi connectivity index (χ1v) is 12.5. The molecule has 0 spiro atoms. The highest BCUT2D eigenvalue weighted by Gasteiger charge is 2.53. The van der Waals surface area contributed by atoms with Crippen LogP contribution in [0.4, 0.5) is 14.9 Å². The second-order valence-corrected chi connectivity index (χ2v) is 11.1. The molecule has 200 valence electrons. The number of anilines is 1. The first-order valence-electron chi connectivity index (χ1n) is 12.5. The number of hydrogen-bond donors (Lipinski definition) is 2. The Bertz CT molecular complexity index is 1330. The minimum Gasteiger partial charge on any atom is -0.487 e. The van der Waals surface area contributed by atoms with Crippen molar-refractivity contribution in [3.63, 3.8) is 0 Å². The molecule has 3 aliphatic rings. The molecule has 0 unspecified atom stereocenters. The van der Waals surface area contributed by atoms with Crippen LogP contribution < -0.4 is 20.5 Å². The lowest BCUT2D eigenvalue weighted by Crippen LogP contribution is -2.46. The highest BCUT2D eigenvalue weighted by molar-refractivity contribution is 5.97. The third-order valence-corrected chi connectivity index (χ3v) is 7.40. The number of nitrogens with zero attached hydrogens (tertiary/aromatic N) is 2. The fourth-order valence-corrected chi connectivity index (χ4v) is 5.63. The van der Waals surface area contributed by atoms with E-state index >= 15 is 4.39 Å². The van der Waals surface area contributed by atoms with Crippen LogP contribution in [0.1, 0.15) is 56.4 Å². The topological polar surface area (TPSA) is 119 Å². The van der Waals surface area contributed by atoms with Gasteiger partial charge in [-0.15, -0.1) is 0 Å². The summed E-state index contributed by atoms with van der Waals surface area (Å²) in [5.74, 6) is -1.62. The minimum atomic E-state index is -1.38. The molecule has 2 atom stereocenters. The zero-order valence-corrected chi connectivity index (χ0v) is 21.4. The second-order valence-electron chi connectivity index (χ2n) is 11.1. The Morgan fingerprint density at radius 3 is 2.65 bits per heavy atom. The fraction of sp³-hybridized carbons (Fsp3) is 0.577. The van der Waals surface area contributed by atoms with Crippen LogP contribution in [0.25, 0.3) is 10.9 Å². The van der Waals surface area contributed by atoms with Gasteiger partial charge >= 0.3 is 12.1 Å². The monoisotopic (exact) mass is 517 g/mol. The molecular formula is C26H32FN3O7. The zero-order chi connectivity index (χ0) is 26.7. The van der Waals surface area contributed by atoms with Crippen LogP contribution in [0.2, 0.25) is 0 Å². The Balaban J connectivity index is 1.50. The summed E-state index contributed by atoms with van der Waals surface area (Å²) < 4.78 is 33.7. The SMILES string of the molecule is COC[C@H]1COc2c(N3CC[C@@H](C4(NC(=O)OC(C)(C)C)CC4)C3)c(F)cc3cc(C(=O)O)c(=O)n1c23. The predicted octanol–water partition coefficient (Wildman–Crippen LogP) is 3.30. The number of carboxylic acid groups (broad SMARTS) is 1. The number of carboxylic acids is 1. The van der Waals surface area contributed by atoms with Gasteiger partial charge in [0.1, 0.15) is 23.5 Å². The van der Waals surface area contributed by atoms with Crippen LogP contribution in [-0.4, -0.2) is 66.3 Å². The number of halogens is 1. The summed E-state index contributed by atoms with van der Waals surface area (Å²) in [4.78, 5) is 39.2. The van der Waals surface area contributed by atoms with Crippen LogP contribution in [0.3, 0.4) is 0 Å². The summed E-state index contributed by atoms with van der Waals surface area (Å²) in [5.41, 5.74) is -1.50. The molecule has 37 heavy (non-hydrogen) atoms. The van der Waals surface area contributed by atoms with E-state index in [-0.39, 0.29) is 41.5 Å². The van der Waals surface area contributed by atoms with E-state index in [0.717, 1.165) is 19.3 Å². The molecule has 11 heteroatoms. The molecule has 10 nitrogen and oxygen atoms in total. The van der Waals surface area contributed by atoms with Gasteiger partial charge in [-0.25, -0.2) is 14.0 Å². The third-order valence-electron chi connectivity index (χ3n) is 7.40. The second kappa shape index (κ2) is 8.90. The number of nitrogens with one attached hydrogen (secondary N) is 1. The van der Waals surface area contributed by atoms with Crippen LogP contribution in [0.15, 0.2) is 16.9 Å². The molecule has 0 radical (unpaired) electrons. The number of hydrogen-bond acceptors (Lipinski definition) is 7. The van der Waals surface area contributed by atoms with Gasteiger partial charge in [-0.3, -0.25) is 9.36 Å². The van der Waals surface area contributed by atoms with Crippen LogP contribution in [-0.2, 0) is 9.47 Å². The number of rotatable bonds is 6. The van der Waals surface area contributed by atoms with Gasteiger partial charge in [0.15, 0.2) is 11.6 Å². The Hall–Kier alpha value is -3.34. The number of ether oxygens (including phenoxy) is 3. The van der Waals surface area contributed by atoms with Crippen molar-refractivity contribution in [2.75, 3.05) is 38.3 Å². The van der Waals surface area contributed by atoms with Crippen molar-refractivity contribution in [1.29, 1.82) is 0 Å². The predicted molar refractivity (Wildman–Crippen MR) is 133 cm³/mol. The van der Waals surface area contributed by atoms with Crippen LogP contribution >= 0.6 is 0 Å². The lowest BCUT2D eigenvalue weighted by Gasteiger charge is -2.32. The number of pyridine rings is 1. The molecule has 1 amide bonds. The first-order chi connectivity index (χ1) is 17.4. The van der Waals surface area contributed by atoms with Crippen molar-refractivity contribution >= 4 is 28.7 Å². The van der Waals surface area contributed by atoms with E-state index in [4.69, 9.17) is 14.2 Å². The molecule has 3 heterocycles. The lowest BCUT2D eigenvalue weighted by molar-refractivity contribution is 0.0477. The fourth-order valence-electron chi connectivity index (χ4n) is 5.63. The van der Waals surface area contributed by atoms with E-state index in [2.05, 4.69) is 5.32 Å². The molecule has 2 fully saturated rings. The van der Waals surface area contributed by atoms with Crippen LogP contribution in [0.5, 0.6) is 5.75 Å². The number of carbonyl (C=O) groups is 2. The average Bonchev–Trinajstić information content (AvgIpc) is 3.40. The van der Waals surface area contributed by atoms with Crippen molar-refractivity contribution < 1.29 is 33.3 Å². The Morgan fingerprint density at radius 1 is 1.30 bits per heavy atom. The number of methoxy groups -OCH3 is 1. The first kappa shape index (κ1) is 25.3. The van der Waals surface area contributed by atoms with E-state index in [1.165, 1.54) is 23.8 Å². The largest absolute Gasteiger partial charge is 0.487 e. The van der Waals surface area contributed by atoms with E-state index in [1.54, 1.807) is 0 Å². The number of benzene rings is 1. The van der Waals surface area contributed by atoms with E-state index in [0.29, 0.717) is 18.6 Å².